The molecule has 1 heterocycles. The Morgan fingerprint density at radius 3 is 2.71 bits per heavy atom. The van der Waals surface area contributed by atoms with Crippen LogP contribution in [-0.2, 0) is 4.79 Å². The van der Waals surface area contributed by atoms with E-state index in [2.05, 4.69) is 10.2 Å². The van der Waals surface area contributed by atoms with Gasteiger partial charge in [-0.15, -0.1) is 0 Å². The molecule has 148 valence electrons. The fourth-order valence-corrected chi connectivity index (χ4v) is 3.93. The minimum Gasteiger partial charge on any atom is -0.324 e. The third-order valence-corrected chi connectivity index (χ3v) is 5.26. The highest BCUT2D eigenvalue weighted by Gasteiger charge is 2.21. The fraction of sp³-hybridized carbons (Fsp3) is 0.348. The van der Waals surface area contributed by atoms with Crippen LogP contribution in [0, 0.1) is 11.7 Å². The molecule has 1 amide bonds. The van der Waals surface area contributed by atoms with Crippen LogP contribution in [0.5, 0.6) is 0 Å². The fourth-order valence-electron chi connectivity index (χ4n) is 3.63. The van der Waals surface area contributed by atoms with Crippen molar-refractivity contribution < 1.29 is 9.18 Å². The van der Waals surface area contributed by atoms with Crippen molar-refractivity contribution in [3.8, 4) is 0 Å². The second-order valence-corrected chi connectivity index (χ2v) is 7.80. The normalized spacial score (nSPS) is 18.1. The number of hydrogen-bond donors (Lipinski definition) is 1. The molecule has 0 saturated carbocycles. The molecule has 1 aliphatic heterocycles. The van der Waals surface area contributed by atoms with E-state index in [0.717, 1.165) is 49.5 Å². The molecule has 1 saturated heterocycles. The molecule has 2 aromatic carbocycles. The number of nitrogens with zero attached hydrogens (tertiary/aromatic N) is 1. The zero-order valence-electron chi connectivity index (χ0n) is 15.9. The van der Waals surface area contributed by atoms with Crippen LogP contribution in [0.4, 0.5) is 10.1 Å². The Labute approximate surface area is 171 Å². The first-order chi connectivity index (χ1) is 13.6. The number of carbonyl (C=O) groups is 1. The molecule has 0 spiro atoms. The number of carbonyl (C=O) groups excluding carboxylic acids is 1. The van der Waals surface area contributed by atoms with Crippen molar-refractivity contribution in [1.29, 1.82) is 0 Å². The first-order valence-corrected chi connectivity index (χ1v) is 10.2. The molecule has 0 aliphatic carbocycles. The molecule has 2 aromatic rings. The van der Waals surface area contributed by atoms with E-state index in [1.165, 1.54) is 6.07 Å². The monoisotopic (exact) mass is 400 g/mol. The topological polar surface area (TPSA) is 32.3 Å². The summed E-state index contributed by atoms with van der Waals surface area (Å²) in [5.74, 6) is -0.0786. The van der Waals surface area contributed by atoms with E-state index < -0.39 is 5.82 Å². The summed E-state index contributed by atoms with van der Waals surface area (Å²) in [4.78, 5) is 14.5. The lowest BCUT2D eigenvalue weighted by Gasteiger charge is -2.32. The van der Waals surface area contributed by atoms with Gasteiger partial charge in [-0.2, -0.15) is 0 Å². The van der Waals surface area contributed by atoms with E-state index in [1.807, 2.05) is 36.4 Å². The Hall–Kier alpha value is -2.17. The van der Waals surface area contributed by atoms with E-state index in [-0.39, 0.29) is 11.6 Å². The second kappa shape index (κ2) is 10.4. The predicted octanol–water partition coefficient (Wildman–Crippen LogP) is 5.54. The van der Waals surface area contributed by atoms with E-state index in [4.69, 9.17) is 11.6 Å². The average Bonchev–Trinajstić information content (AvgIpc) is 2.69. The SMILES string of the molecule is O=C(CC[C@@H]1CCCN(C/C(Cl)=C/c2ccccc2)C1)Nc1ccccc1F. The van der Waals surface area contributed by atoms with E-state index in [9.17, 15) is 9.18 Å². The molecule has 28 heavy (non-hydrogen) atoms. The van der Waals surface area contributed by atoms with E-state index in [0.29, 0.717) is 12.3 Å². The molecule has 1 N–H and O–H groups in total. The average molecular weight is 401 g/mol. The van der Waals surface area contributed by atoms with Gasteiger partial charge in [0.15, 0.2) is 0 Å². The molecule has 5 heteroatoms. The van der Waals surface area contributed by atoms with Gasteiger partial charge < -0.3 is 5.32 Å². The van der Waals surface area contributed by atoms with Crippen LogP contribution >= 0.6 is 11.6 Å². The van der Waals surface area contributed by atoms with Crippen LogP contribution in [0.15, 0.2) is 59.6 Å². The number of likely N-dealkylation sites (tertiary alicyclic amines) is 1. The standard InChI is InChI=1S/C23H26ClFN2O/c24-20(15-18-7-2-1-3-8-18)17-27-14-6-9-19(16-27)12-13-23(28)26-22-11-5-4-10-21(22)25/h1-5,7-8,10-11,15,19H,6,9,12-14,16-17H2,(H,26,28)/b20-15-/t19-/m0/s1. The lowest BCUT2D eigenvalue weighted by molar-refractivity contribution is -0.116. The third kappa shape index (κ3) is 6.47. The van der Waals surface area contributed by atoms with Crippen LogP contribution in [0.2, 0.25) is 0 Å². The van der Waals surface area contributed by atoms with Gasteiger partial charge in [-0.05, 0) is 55.5 Å². The van der Waals surface area contributed by atoms with Gasteiger partial charge in [0.2, 0.25) is 5.91 Å². The van der Waals surface area contributed by atoms with Crippen molar-refractivity contribution in [3.05, 3.63) is 71.0 Å². The summed E-state index contributed by atoms with van der Waals surface area (Å²) in [6.07, 6.45) is 5.43. The zero-order valence-corrected chi connectivity index (χ0v) is 16.7. The molecular weight excluding hydrogens is 375 g/mol. The molecule has 0 bridgehead atoms. The van der Waals surface area contributed by atoms with Crippen LogP contribution in [0.3, 0.4) is 0 Å². The Balaban J connectivity index is 1.45. The summed E-state index contributed by atoms with van der Waals surface area (Å²) in [5, 5.41) is 3.49. The molecule has 1 atom stereocenters. The predicted molar refractivity (Wildman–Crippen MR) is 114 cm³/mol. The Morgan fingerprint density at radius 1 is 1.18 bits per heavy atom. The largest absolute Gasteiger partial charge is 0.324 e. The van der Waals surface area contributed by atoms with Gasteiger partial charge in [-0.25, -0.2) is 4.39 Å². The first-order valence-electron chi connectivity index (χ1n) is 9.78. The van der Waals surface area contributed by atoms with E-state index in [1.54, 1.807) is 18.2 Å². The minimum atomic E-state index is -0.403. The maximum atomic E-state index is 13.6. The van der Waals surface area contributed by atoms with Gasteiger partial charge in [-0.3, -0.25) is 9.69 Å². The van der Waals surface area contributed by atoms with Crippen molar-refractivity contribution in [2.45, 2.75) is 25.7 Å². The van der Waals surface area contributed by atoms with Crippen LogP contribution in [0.25, 0.3) is 6.08 Å². The number of hydrogen-bond acceptors (Lipinski definition) is 2. The van der Waals surface area contributed by atoms with Crippen molar-refractivity contribution in [3.63, 3.8) is 0 Å². The highest BCUT2D eigenvalue weighted by Crippen LogP contribution is 2.23. The summed E-state index contributed by atoms with van der Waals surface area (Å²) >= 11 is 6.45. The Morgan fingerprint density at radius 2 is 1.93 bits per heavy atom. The van der Waals surface area contributed by atoms with Gasteiger partial charge in [0.05, 0.1) is 5.69 Å². The van der Waals surface area contributed by atoms with Gasteiger partial charge in [0.25, 0.3) is 0 Å². The van der Waals surface area contributed by atoms with Crippen molar-refractivity contribution in [2.24, 2.45) is 5.92 Å². The number of piperidine rings is 1. The first kappa shape index (κ1) is 20.6. The van der Waals surface area contributed by atoms with Crippen LogP contribution in [0.1, 0.15) is 31.2 Å². The van der Waals surface area contributed by atoms with Gasteiger partial charge >= 0.3 is 0 Å². The quantitative estimate of drug-likeness (QED) is 0.662. The van der Waals surface area contributed by atoms with Crippen molar-refractivity contribution >= 4 is 29.3 Å². The second-order valence-electron chi connectivity index (χ2n) is 7.31. The summed E-state index contributed by atoms with van der Waals surface area (Å²) in [6.45, 7) is 2.69. The number of nitrogens with one attached hydrogen (secondary N) is 1. The number of benzene rings is 2. The number of para-hydroxylation sites is 1. The summed E-state index contributed by atoms with van der Waals surface area (Å²) in [6, 6.07) is 16.3. The highest BCUT2D eigenvalue weighted by molar-refractivity contribution is 6.31. The number of rotatable bonds is 7. The van der Waals surface area contributed by atoms with Gasteiger partial charge in [-0.1, -0.05) is 54.1 Å². The molecule has 1 aliphatic rings. The van der Waals surface area contributed by atoms with Crippen LogP contribution < -0.4 is 5.32 Å². The Bertz CT molecular complexity index is 809. The van der Waals surface area contributed by atoms with Crippen LogP contribution in [-0.4, -0.2) is 30.4 Å². The molecule has 3 rings (SSSR count). The van der Waals surface area contributed by atoms with Gasteiger partial charge in [0, 0.05) is 24.5 Å². The smallest absolute Gasteiger partial charge is 0.224 e. The summed E-state index contributed by atoms with van der Waals surface area (Å²) < 4.78 is 13.6. The molecule has 0 radical (unpaired) electrons. The highest BCUT2D eigenvalue weighted by atomic mass is 35.5. The lowest BCUT2D eigenvalue weighted by Crippen LogP contribution is -2.36. The summed E-state index contributed by atoms with van der Waals surface area (Å²) in [5.41, 5.74) is 1.35. The zero-order chi connectivity index (χ0) is 19.8. The maximum absolute atomic E-state index is 13.6. The molecule has 0 unspecified atom stereocenters. The minimum absolute atomic E-state index is 0.135. The molecule has 0 aromatic heterocycles. The maximum Gasteiger partial charge on any atom is 0.224 e. The van der Waals surface area contributed by atoms with Crippen molar-refractivity contribution in [1.82, 2.24) is 4.90 Å². The number of amides is 1. The molecular formula is C23H26ClFN2O. The van der Waals surface area contributed by atoms with E-state index >= 15 is 0 Å². The lowest BCUT2D eigenvalue weighted by atomic mass is 9.93. The Kier molecular flexibility index (Phi) is 7.63. The summed E-state index contributed by atoms with van der Waals surface area (Å²) in [7, 11) is 0. The van der Waals surface area contributed by atoms with Crippen molar-refractivity contribution in [2.75, 3.05) is 25.0 Å². The van der Waals surface area contributed by atoms with Gasteiger partial charge in [0.1, 0.15) is 5.82 Å². The molecule has 3 nitrogen and oxygen atoms in total. The number of halogens is 2. The molecule has 1 fully saturated rings. The third-order valence-electron chi connectivity index (χ3n) is 5.03. The number of anilines is 1.